The van der Waals surface area contributed by atoms with Crippen molar-refractivity contribution in [3.8, 4) is 12.3 Å². The first kappa shape index (κ1) is 8.09. The third-order valence-corrected chi connectivity index (χ3v) is 2.39. The van der Waals surface area contributed by atoms with E-state index in [1.807, 2.05) is 6.92 Å². The van der Waals surface area contributed by atoms with Crippen LogP contribution in [0.4, 0.5) is 5.82 Å². The lowest BCUT2D eigenvalue weighted by molar-refractivity contribution is 1.24. The monoisotopic (exact) mass is 210 g/mol. The Labute approximate surface area is 74.0 Å². The van der Waals surface area contributed by atoms with Gasteiger partial charge in [0.15, 0.2) is 0 Å². The van der Waals surface area contributed by atoms with Crippen LogP contribution >= 0.6 is 15.9 Å². The van der Waals surface area contributed by atoms with Crippen LogP contribution in [0.5, 0.6) is 0 Å². The second kappa shape index (κ2) is 2.93. The number of aromatic nitrogens is 1. The van der Waals surface area contributed by atoms with Gasteiger partial charge in [-0.2, -0.15) is 0 Å². The number of halogens is 1. The number of nitrogens with two attached hydrogens (primary N) is 1. The number of rotatable bonds is 0. The van der Waals surface area contributed by atoms with Crippen molar-refractivity contribution in [2.24, 2.45) is 0 Å². The van der Waals surface area contributed by atoms with Crippen LogP contribution in [0.25, 0.3) is 0 Å². The van der Waals surface area contributed by atoms with Gasteiger partial charge in [-0.15, -0.1) is 6.42 Å². The summed E-state index contributed by atoms with van der Waals surface area (Å²) in [7, 11) is 0. The first-order valence-electron chi connectivity index (χ1n) is 3.04. The molecule has 2 N–H and O–H groups in total. The van der Waals surface area contributed by atoms with E-state index in [1.165, 1.54) is 0 Å². The minimum atomic E-state index is 0.393. The Balaban J connectivity index is 3.44. The fourth-order valence-corrected chi connectivity index (χ4v) is 1.15. The fourth-order valence-electron chi connectivity index (χ4n) is 0.735. The van der Waals surface area contributed by atoms with Crippen molar-refractivity contribution in [2.45, 2.75) is 6.92 Å². The number of anilines is 1. The van der Waals surface area contributed by atoms with Crippen molar-refractivity contribution in [1.82, 2.24) is 4.98 Å². The Morgan fingerprint density at radius 1 is 1.73 bits per heavy atom. The number of aryl methyl sites for hydroxylation is 1. The van der Waals surface area contributed by atoms with Crippen molar-refractivity contribution in [1.29, 1.82) is 0 Å². The summed E-state index contributed by atoms with van der Waals surface area (Å²) in [6, 6.07) is 0. The number of nitrogen functional groups attached to an aromatic ring is 1. The van der Waals surface area contributed by atoms with Crippen LogP contribution in [0.2, 0.25) is 0 Å². The summed E-state index contributed by atoms with van der Waals surface area (Å²) in [6.07, 6.45) is 6.90. The molecule has 0 saturated heterocycles. The van der Waals surface area contributed by atoms with Crippen molar-refractivity contribution in [2.75, 3.05) is 5.73 Å². The van der Waals surface area contributed by atoms with Crippen LogP contribution in [-0.4, -0.2) is 4.98 Å². The van der Waals surface area contributed by atoms with E-state index in [2.05, 4.69) is 26.8 Å². The van der Waals surface area contributed by atoms with Crippen molar-refractivity contribution >= 4 is 21.7 Å². The SMILES string of the molecule is C#Cc1c(N)ncc(C)c1Br. The average molecular weight is 211 g/mol. The standard InChI is InChI=1S/C8H7BrN2/c1-3-6-7(9)5(2)4-11-8(6)10/h1,4H,2H3,(H2,10,11). The summed E-state index contributed by atoms with van der Waals surface area (Å²) in [4.78, 5) is 3.92. The number of nitrogens with zero attached hydrogens (tertiary/aromatic N) is 1. The van der Waals surface area contributed by atoms with Crippen LogP contribution in [0.15, 0.2) is 10.7 Å². The summed E-state index contributed by atoms with van der Waals surface area (Å²) in [6.45, 7) is 1.91. The molecule has 0 bridgehead atoms. The average Bonchev–Trinajstić information content (AvgIpc) is 1.99. The van der Waals surface area contributed by atoms with Gasteiger partial charge in [-0.05, 0) is 28.4 Å². The van der Waals surface area contributed by atoms with Crippen LogP contribution in [0, 0.1) is 19.3 Å². The maximum absolute atomic E-state index is 5.52. The largest absolute Gasteiger partial charge is 0.383 e. The molecule has 0 fully saturated rings. The Morgan fingerprint density at radius 2 is 2.36 bits per heavy atom. The molecule has 0 saturated carbocycles. The lowest BCUT2D eigenvalue weighted by Crippen LogP contribution is -1.96. The quantitative estimate of drug-likeness (QED) is 0.663. The fraction of sp³-hybridized carbons (Fsp3) is 0.125. The van der Waals surface area contributed by atoms with Gasteiger partial charge in [-0.25, -0.2) is 4.98 Å². The van der Waals surface area contributed by atoms with E-state index in [0.717, 1.165) is 10.0 Å². The summed E-state index contributed by atoms with van der Waals surface area (Å²) in [5, 5.41) is 0. The molecule has 0 aliphatic heterocycles. The van der Waals surface area contributed by atoms with Gasteiger partial charge in [-0.3, -0.25) is 0 Å². The molecule has 0 aliphatic rings. The molecule has 0 radical (unpaired) electrons. The topological polar surface area (TPSA) is 38.9 Å². The molecule has 2 nitrogen and oxygen atoms in total. The van der Waals surface area contributed by atoms with E-state index in [1.54, 1.807) is 6.20 Å². The highest BCUT2D eigenvalue weighted by Crippen LogP contribution is 2.22. The normalized spacial score (nSPS) is 9.18. The zero-order valence-corrected chi connectivity index (χ0v) is 7.64. The zero-order valence-electron chi connectivity index (χ0n) is 6.06. The van der Waals surface area contributed by atoms with E-state index in [0.29, 0.717) is 11.4 Å². The molecule has 1 aromatic rings. The minimum Gasteiger partial charge on any atom is -0.383 e. The van der Waals surface area contributed by atoms with Crippen LogP contribution in [-0.2, 0) is 0 Å². The molecule has 0 spiro atoms. The van der Waals surface area contributed by atoms with Crippen LogP contribution < -0.4 is 5.73 Å². The third kappa shape index (κ3) is 1.36. The van der Waals surface area contributed by atoms with Gasteiger partial charge < -0.3 is 5.73 Å². The zero-order chi connectivity index (χ0) is 8.43. The lowest BCUT2D eigenvalue weighted by atomic mass is 10.2. The van der Waals surface area contributed by atoms with Gasteiger partial charge >= 0.3 is 0 Å². The third-order valence-electron chi connectivity index (χ3n) is 1.36. The number of terminal acetylenes is 1. The Morgan fingerprint density at radius 3 is 2.82 bits per heavy atom. The van der Waals surface area contributed by atoms with Gasteiger partial charge in [0.2, 0.25) is 0 Å². The Hall–Kier alpha value is -1.01. The van der Waals surface area contributed by atoms with E-state index in [9.17, 15) is 0 Å². The summed E-state index contributed by atoms with van der Waals surface area (Å²) >= 11 is 3.33. The van der Waals surface area contributed by atoms with Crippen LogP contribution in [0.3, 0.4) is 0 Å². The van der Waals surface area contributed by atoms with Gasteiger partial charge in [0, 0.05) is 10.7 Å². The molecule has 0 aliphatic carbocycles. The van der Waals surface area contributed by atoms with E-state index >= 15 is 0 Å². The first-order chi connectivity index (χ1) is 5.16. The molecule has 1 aromatic heterocycles. The molecule has 56 valence electrons. The summed E-state index contributed by atoms with van der Waals surface area (Å²) in [5.74, 6) is 2.86. The van der Waals surface area contributed by atoms with E-state index in [4.69, 9.17) is 12.2 Å². The van der Waals surface area contributed by atoms with Crippen molar-refractivity contribution in [3.63, 3.8) is 0 Å². The van der Waals surface area contributed by atoms with Crippen molar-refractivity contribution < 1.29 is 0 Å². The number of hydrogen-bond donors (Lipinski definition) is 1. The van der Waals surface area contributed by atoms with Gasteiger partial charge in [0.1, 0.15) is 5.82 Å². The first-order valence-corrected chi connectivity index (χ1v) is 3.83. The second-order valence-corrected chi connectivity index (χ2v) is 2.95. The van der Waals surface area contributed by atoms with Crippen molar-refractivity contribution in [3.05, 3.63) is 21.8 Å². The van der Waals surface area contributed by atoms with Gasteiger partial charge in [0.05, 0.1) is 5.56 Å². The van der Waals surface area contributed by atoms with E-state index in [-0.39, 0.29) is 0 Å². The van der Waals surface area contributed by atoms with Gasteiger partial charge in [-0.1, -0.05) is 5.92 Å². The predicted molar refractivity (Wildman–Crippen MR) is 49.0 cm³/mol. The summed E-state index contributed by atoms with van der Waals surface area (Å²) < 4.78 is 0.854. The molecule has 3 heteroatoms. The highest BCUT2D eigenvalue weighted by atomic mass is 79.9. The smallest absolute Gasteiger partial charge is 0.140 e. The van der Waals surface area contributed by atoms with Crippen LogP contribution in [0.1, 0.15) is 11.1 Å². The molecular formula is C8H7BrN2. The molecule has 0 aromatic carbocycles. The minimum absolute atomic E-state index is 0.393. The highest BCUT2D eigenvalue weighted by Gasteiger charge is 2.04. The lowest BCUT2D eigenvalue weighted by Gasteiger charge is -2.02. The molecule has 11 heavy (non-hydrogen) atoms. The molecular weight excluding hydrogens is 204 g/mol. The Kier molecular flexibility index (Phi) is 2.16. The molecule has 1 rings (SSSR count). The maximum Gasteiger partial charge on any atom is 0.140 e. The Bertz CT molecular complexity index is 326. The second-order valence-electron chi connectivity index (χ2n) is 2.16. The summed E-state index contributed by atoms with van der Waals surface area (Å²) in [5.41, 5.74) is 7.14. The number of hydrogen-bond acceptors (Lipinski definition) is 2. The van der Waals surface area contributed by atoms with Gasteiger partial charge in [0.25, 0.3) is 0 Å². The number of pyridine rings is 1. The molecule has 0 unspecified atom stereocenters. The van der Waals surface area contributed by atoms with E-state index < -0.39 is 0 Å². The molecule has 0 amide bonds. The highest BCUT2D eigenvalue weighted by molar-refractivity contribution is 9.10. The molecule has 0 atom stereocenters. The predicted octanol–water partition coefficient (Wildman–Crippen LogP) is 1.72. The molecule has 1 heterocycles. The maximum atomic E-state index is 5.52.